The third-order valence-corrected chi connectivity index (χ3v) is 3.50. The minimum atomic E-state index is -0.961. The van der Waals surface area contributed by atoms with Crippen LogP contribution in [-0.2, 0) is 4.79 Å². The number of hydrogen-bond acceptors (Lipinski definition) is 2. The van der Waals surface area contributed by atoms with Crippen molar-refractivity contribution in [2.75, 3.05) is 7.05 Å². The van der Waals surface area contributed by atoms with Crippen LogP contribution in [0.2, 0.25) is 0 Å². The van der Waals surface area contributed by atoms with E-state index in [0.29, 0.717) is 6.42 Å². The molecule has 0 aromatic carbocycles. The number of nitrogens with one attached hydrogen (secondary N) is 1. The number of amides is 2. The van der Waals surface area contributed by atoms with Gasteiger partial charge in [0.15, 0.2) is 0 Å². The topological polar surface area (TPSA) is 69.6 Å². The Morgan fingerprint density at radius 1 is 1.33 bits per heavy atom. The van der Waals surface area contributed by atoms with Gasteiger partial charge < -0.3 is 15.3 Å². The van der Waals surface area contributed by atoms with E-state index >= 15 is 0 Å². The molecule has 1 saturated carbocycles. The molecule has 104 valence electrons. The number of aliphatic carboxylic acids is 1. The molecule has 0 bridgehead atoms. The van der Waals surface area contributed by atoms with Crippen molar-refractivity contribution in [3.05, 3.63) is 0 Å². The number of rotatable bonds is 5. The third-order valence-electron chi connectivity index (χ3n) is 3.50. The minimum Gasteiger partial charge on any atom is -0.480 e. The fraction of sp³-hybridized carbons (Fsp3) is 0.846. The molecule has 0 spiro atoms. The summed E-state index contributed by atoms with van der Waals surface area (Å²) in [6.45, 7) is 3.89. The molecule has 0 unspecified atom stereocenters. The highest BCUT2D eigenvalue weighted by atomic mass is 16.4. The van der Waals surface area contributed by atoms with E-state index in [2.05, 4.69) is 5.32 Å². The summed E-state index contributed by atoms with van der Waals surface area (Å²) in [5.74, 6) is -0.722. The van der Waals surface area contributed by atoms with E-state index in [9.17, 15) is 9.59 Å². The second kappa shape index (κ2) is 6.61. The quantitative estimate of drug-likeness (QED) is 0.791. The van der Waals surface area contributed by atoms with Crippen LogP contribution >= 0.6 is 0 Å². The maximum atomic E-state index is 12.0. The second-order valence-corrected chi connectivity index (χ2v) is 5.52. The summed E-state index contributed by atoms with van der Waals surface area (Å²) >= 11 is 0. The molecular weight excluding hydrogens is 232 g/mol. The van der Waals surface area contributed by atoms with Crippen LogP contribution in [0.25, 0.3) is 0 Å². The minimum absolute atomic E-state index is 0.239. The van der Waals surface area contributed by atoms with E-state index in [1.807, 2.05) is 13.8 Å². The van der Waals surface area contributed by atoms with Crippen LogP contribution in [-0.4, -0.2) is 41.1 Å². The number of carboxylic acid groups (broad SMARTS) is 1. The lowest BCUT2D eigenvalue weighted by molar-refractivity contribution is -0.139. The average molecular weight is 256 g/mol. The Balaban J connectivity index is 2.51. The van der Waals surface area contributed by atoms with Crippen molar-refractivity contribution in [3.8, 4) is 0 Å². The largest absolute Gasteiger partial charge is 0.480 e. The van der Waals surface area contributed by atoms with E-state index in [1.165, 1.54) is 0 Å². The first-order valence-corrected chi connectivity index (χ1v) is 6.68. The molecule has 2 amide bonds. The van der Waals surface area contributed by atoms with Crippen molar-refractivity contribution >= 4 is 12.0 Å². The van der Waals surface area contributed by atoms with Crippen molar-refractivity contribution in [2.45, 2.75) is 58.0 Å². The van der Waals surface area contributed by atoms with Crippen molar-refractivity contribution in [1.82, 2.24) is 10.2 Å². The first kappa shape index (κ1) is 14.8. The number of urea groups is 1. The lowest BCUT2D eigenvalue weighted by atomic mass is 10.0. The average Bonchev–Trinajstić information content (AvgIpc) is 2.79. The SMILES string of the molecule is CC(C)C[C@@H](NC(=O)N(C)C1CCCC1)C(=O)O. The molecule has 0 radical (unpaired) electrons. The summed E-state index contributed by atoms with van der Waals surface area (Å²) in [4.78, 5) is 24.7. The van der Waals surface area contributed by atoms with E-state index in [1.54, 1.807) is 11.9 Å². The van der Waals surface area contributed by atoms with Crippen molar-refractivity contribution in [2.24, 2.45) is 5.92 Å². The summed E-state index contributed by atoms with van der Waals surface area (Å²) in [7, 11) is 1.75. The van der Waals surface area contributed by atoms with Crippen LogP contribution in [0, 0.1) is 5.92 Å². The van der Waals surface area contributed by atoms with Gasteiger partial charge in [-0.05, 0) is 25.2 Å². The summed E-state index contributed by atoms with van der Waals surface area (Å²) in [5, 5.41) is 11.7. The fourth-order valence-electron chi connectivity index (χ4n) is 2.40. The van der Waals surface area contributed by atoms with Crippen LogP contribution in [0.15, 0.2) is 0 Å². The molecular formula is C13H24N2O3. The number of carboxylic acids is 1. The zero-order valence-electron chi connectivity index (χ0n) is 11.5. The molecule has 1 fully saturated rings. The molecule has 18 heavy (non-hydrogen) atoms. The molecule has 1 aliphatic carbocycles. The number of hydrogen-bond donors (Lipinski definition) is 2. The lowest BCUT2D eigenvalue weighted by Gasteiger charge is -2.27. The zero-order valence-corrected chi connectivity index (χ0v) is 11.5. The number of carbonyl (C=O) groups excluding carboxylic acids is 1. The molecule has 0 aromatic rings. The van der Waals surface area contributed by atoms with Gasteiger partial charge in [0, 0.05) is 13.1 Å². The summed E-state index contributed by atoms with van der Waals surface area (Å²) < 4.78 is 0. The molecule has 0 heterocycles. The van der Waals surface area contributed by atoms with Gasteiger partial charge in [-0.2, -0.15) is 0 Å². The van der Waals surface area contributed by atoms with Gasteiger partial charge in [0.05, 0.1) is 0 Å². The first-order valence-electron chi connectivity index (χ1n) is 6.68. The molecule has 1 rings (SSSR count). The molecule has 0 aromatic heterocycles. The zero-order chi connectivity index (χ0) is 13.7. The molecule has 2 N–H and O–H groups in total. The van der Waals surface area contributed by atoms with Crippen LogP contribution in [0.1, 0.15) is 46.0 Å². The van der Waals surface area contributed by atoms with Crippen molar-refractivity contribution in [1.29, 1.82) is 0 Å². The lowest BCUT2D eigenvalue weighted by Crippen LogP contribution is -2.49. The highest BCUT2D eigenvalue weighted by molar-refractivity contribution is 5.82. The van der Waals surface area contributed by atoms with Crippen LogP contribution in [0.3, 0.4) is 0 Å². The Morgan fingerprint density at radius 2 is 1.89 bits per heavy atom. The predicted molar refractivity (Wildman–Crippen MR) is 69.4 cm³/mol. The highest BCUT2D eigenvalue weighted by Gasteiger charge is 2.27. The Morgan fingerprint density at radius 3 is 2.33 bits per heavy atom. The third kappa shape index (κ3) is 4.20. The second-order valence-electron chi connectivity index (χ2n) is 5.52. The molecule has 5 nitrogen and oxygen atoms in total. The van der Waals surface area contributed by atoms with Gasteiger partial charge in [0.25, 0.3) is 0 Å². The van der Waals surface area contributed by atoms with Gasteiger partial charge in [-0.3, -0.25) is 0 Å². The van der Waals surface area contributed by atoms with Gasteiger partial charge in [-0.25, -0.2) is 9.59 Å². The molecule has 0 aliphatic heterocycles. The highest BCUT2D eigenvalue weighted by Crippen LogP contribution is 2.22. The Hall–Kier alpha value is -1.26. The number of carbonyl (C=O) groups is 2. The molecule has 0 saturated heterocycles. The van der Waals surface area contributed by atoms with Crippen LogP contribution in [0.4, 0.5) is 4.79 Å². The maximum Gasteiger partial charge on any atom is 0.326 e. The maximum absolute atomic E-state index is 12.0. The Bertz CT molecular complexity index is 299. The summed E-state index contributed by atoms with van der Waals surface area (Å²) in [6, 6.07) is -0.796. The van der Waals surface area contributed by atoms with Gasteiger partial charge in [0.1, 0.15) is 6.04 Å². The van der Waals surface area contributed by atoms with E-state index < -0.39 is 12.0 Å². The van der Waals surface area contributed by atoms with Gasteiger partial charge >= 0.3 is 12.0 Å². The fourth-order valence-corrected chi connectivity index (χ4v) is 2.40. The summed E-state index contributed by atoms with van der Waals surface area (Å²) in [6.07, 6.45) is 4.80. The molecule has 5 heteroatoms. The van der Waals surface area contributed by atoms with E-state index in [0.717, 1.165) is 25.7 Å². The van der Waals surface area contributed by atoms with Crippen molar-refractivity contribution < 1.29 is 14.7 Å². The molecule has 1 aliphatic rings. The smallest absolute Gasteiger partial charge is 0.326 e. The Labute approximate surface area is 109 Å². The normalized spacial score (nSPS) is 17.8. The summed E-state index contributed by atoms with van der Waals surface area (Å²) in [5.41, 5.74) is 0. The van der Waals surface area contributed by atoms with Crippen LogP contribution in [0.5, 0.6) is 0 Å². The van der Waals surface area contributed by atoms with Gasteiger partial charge in [0.2, 0.25) is 0 Å². The number of nitrogens with zero attached hydrogens (tertiary/aromatic N) is 1. The van der Waals surface area contributed by atoms with Crippen LogP contribution < -0.4 is 5.32 Å². The Kier molecular flexibility index (Phi) is 5.44. The molecule has 1 atom stereocenters. The van der Waals surface area contributed by atoms with Gasteiger partial charge in [-0.1, -0.05) is 26.7 Å². The monoisotopic (exact) mass is 256 g/mol. The van der Waals surface area contributed by atoms with Crippen molar-refractivity contribution in [3.63, 3.8) is 0 Å². The van der Waals surface area contributed by atoms with E-state index in [4.69, 9.17) is 5.11 Å². The van der Waals surface area contributed by atoms with Gasteiger partial charge in [-0.15, -0.1) is 0 Å². The van der Waals surface area contributed by atoms with E-state index in [-0.39, 0.29) is 18.0 Å². The first-order chi connectivity index (χ1) is 8.41. The predicted octanol–water partition coefficient (Wildman–Crippen LogP) is 2.07. The standard InChI is InChI=1S/C13H24N2O3/c1-9(2)8-11(12(16)17)14-13(18)15(3)10-6-4-5-7-10/h9-11H,4-8H2,1-3H3,(H,14,18)(H,16,17)/t11-/m1/s1.